The molecular weight excluding hydrogens is 318 g/mol. The van der Waals surface area contributed by atoms with Crippen LogP contribution in [0.5, 0.6) is 0 Å². The number of fused-ring (bicyclic) bond motifs is 5. The topological polar surface area (TPSA) is 78.3 Å². The molecule has 3 heterocycles. The third kappa shape index (κ3) is 2.54. The van der Waals surface area contributed by atoms with E-state index >= 15 is 0 Å². The summed E-state index contributed by atoms with van der Waals surface area (Å²) in [5, 5.41) is 4.66. The van der Waals surface area contributed by atoms with Crippen molar-refractivity contribution in [2.24, 2.45) is 5.92 Å². The molecule has 0 fully saturated rings. The van der Waals surface area contributed by atoms with Gasteiger partial charge in [-0.15, -0.1) is 11.3 Å². The summed E-state index contributed by atoms with van der Waals surface area (Å²) < 4.78 is 1.13. The van der Waals surface area contributed by atoms with E-state index in [1.165, 1.54) is 28.6 Å². The average Bonchev–Trinajstić information content (AvgIpc) is 3.16. The van der Waals surface area contributed by atoms with Gasteiger partial charge in [-0.2, -0.15) is 0 Å². The fourth-order valence-corrected chi connectivity index (χ4v) is 4.81. The number of thiophene rings is 1. The predicted molar refractivity (Wildman–Crippen MR) is 99.5 cm³/mol. The third-order valence-corrected chi connectivity index (χ3v) is 5.71. The minimum Gasteiger partial charge on any atom is -0.363 e. The first-order chi connectivity index (χ1) is 11.7. The van der Waals surface area contributed by atoms with E-state index < -0.39 is 0 Å². The van der Waals surface area contributed by atoms with Gasteiger partial charge in [0.05, 0.1) is 23.3 Å². The van der Waals surface area contributed by atoms with E-state index in [0.717, 1.165) is 53.2 Å². The minimum absolute atomic E-state index is 0.628. The molecule has 0 spiro atoms. The van der Waals surface area contributed by atoms with Crippen molar-refractivity contribution in [1.82, 2.24) is 15.0 Å². The van der Waals surface area contributed by atoms with Crippen LogP contribution in [0.4, 0.5) is 5.82 Å². The van der Waals surface area contributed by atoms with Crippen molar-refractivity contribution in [3.8, 4) is 0 Å². The van der Waals surface area contributed by atoms with Crippen molar-refractivity contribution < 1.29 is 5.73 Å². The standard InChI is InChI=1S/C18H23N5S/c1-10(2)8-13-11-4-3-5-12(11)14-15-16(24-18(14)23-13)17(20-7-6-19)22-9-21-15/h9-10H,3-8,19H2,1-2H3,(H,20,21,22)/p+1. The zero-order valence-electron chi connectivity index (χ0n) is 14.4. The molecule has 24 heavy (non-hydrogen) atoms. The van der Waals surface area contributed by atoms with E-state index in [0.29, 0.717) is 5.92 Å². The zero-order valence-corrected chi connectivity index (χ0v) is 15.2. The number of quaternary nitrogens is 1. The first-order valence-corrected chi connectivity index (χ1v) is 9.61. The number of nitrogens with zero attached hydrogens (tertiary/aromatic N) is 3. The van der Waals surface area contributed by atoms with Gasteiger partial charge >= 0.3 is 0 Å². The lowest BCUT2D eigenvalue weighted by Gasteiger charge is -2.11. The fourth-order valence-electron chi connectivity index (χ4n) is 3.66. The van der Waals surface area contributed by atoms with Crippen LogP contribution in [0.1, 0.15) is 37.1 Å². The molecule has 0 atom stereocenters. The van der Waals surface area contributed by atoms with Crippen molar-refractivity contribution in [3.63, 3.8) is 0 Å². The van der Waals surface area contributed by atoms with Gasteiger partial charge < -0.3 is 11.1 Å². The van der Waals surface area contributed by atoms with Crippen molar-refractivity contribution >= 4 is 37.6 Å². The lowest BCUT2D eigenvalue weighted by Crippen LogP contribution is -2.53. The molecule has 3 aromatic rings. The number of hydrogen-bond donors (Lipinski definition) is 2. The summed E-state index contributed by atoms with van der Waals surface area (Å²) in [6.45, 7) is 6.20. The van der Waals surface area contributed by atoms with Crippen LogP contribution in [0, 0.1) is 5.92 Å². The number of hydrogen-bond acceptors (Lipinski definition) is 5. The normalized spacial score (nSPS) is 14.0. The van der Waals surface area contributed by atoms with Gasteiger partial charge in [0.1, 0.15) is 17.0 Å². The molecule has 0 amide bonds. The molecule has 4 rings (SSSR count). The van der Waals surface area contributed by atoms with Gasteiger partial charge in [-0.3, -0.25) is 0 Å². The van der Waals surface area contributed by atoms with Gasteiger partial charge in [0.15, 0.2) is 0 Å². The van der Waals surface area contributed by atoms with E-state index in [1.54, 1.807) is 17.7 Å². The summed E-state index contributed by atoms with van der Waals surface area (Å²) >= 11 is 1.73. The van der Waals surface area contributed by atoms with Crippen LogP contribution >= 0.6 is 11.3 Å². The molecule has 5 nitrogen and oxygen atoms in total. The van der Waals surface area contributed by atoms with Crippen LogP contribution in [-0.2, 0) is 19.3 Å². The number of aromatic nitrogens is 3. The maximum atomic E-state index is 5.06. The van der Waals surface area contributed by atoms with Gasteiger partial charge in [0.25, 0.3) is 0 Å². The van der Waals surface area contributed by atoms with Gasteiger partial charge in [-0.25, -0.2) is 15.0 Å². The first-order valence-electron chi connectivity index (χ1n) is 8.80. The highest BCUT2D eigenvalue weighted by molar-refractivity contribution is 7.26. The van der Waals surface area contributed by atoms with E-state index in [9.17, 15) is 0 Å². The Hall–Kier alpha value is -1.79. The van der Waals surface area contributed by atoms with Crippen molar-refractivity contribution in [2.75, 3.05) is 18.4 Å². The van der Waals surface area contributed by atoms with Crippen LogP contribution < -0.4 is 11.1 Å². The number of rotatable bonds is 5. The van der Waals surface area contributed by atoms with Gasteiger partial charge in [0, 0.05) is 11.1 Å². The molecule has 4 N–H and O–H groups in total. The molecule has 0 saturated heterocycles. The zero-order chi connectivity index (χ0) is 16.7. The summed E-state index contributed by atoms with van der Waals surface area (Å²) in [4.78, 5) is 15.2. The van der Waals surface area contributed by atoms with Gasteiger partial charge in [0.2, 0.25) is 0 Å². The molecule has 1 aliphatic carbocycles. The first kappa shape index (κ1) is 15.7. The van der Waals surface area contributed by atoms with Crippen LogP contribution in [0.25, 0.3) is 20.4 Å². The minimum atomic E-state index is 0.628. The summed E-state index contributed by atoms with van der Waals surface area (Å²) in [6, 6.07) is 0. The van der Waals surface area contributed by atoms with Crippen molar-refractivity contribution in [3.05, 3.63) is 23.1 Å². The Morgan fingerprint density at radius 3 is 2.88 bits per heavy atom. The largest absolute Gasteiger partial charge is 0.363 e. The van der Waals surface area contributed by atoms with Crippen molar-refractivity contribution in [1.29, 1.82) is 0 Å². The Kier molecular flexibility index (Phi) is 4.10. The molecule has 0 unspecified atom stereocenters. The summed E-state index contributed by atoms with van der Waals surface area (Å²) in [6.07, 6.45) is 6.27. The maximum Gasteiger partial charge on any atom is 0.147 e. The average molecular weight is 342 g/mol. The number of pyridine rings is 1. The molecule has 0 radical (unpaired) electrons. The predicted octanol–water partition coefficient (Wildman–Crippen LogP) is 2.58. The second-order valence-electron chi connectivity index (χ2n) is 6.93. The quantitative estimate of drug-likeness (QED) is 0.747. The molecule has 3 aromatic heterocycles. The molecule has 0 aliphatic heterocycles. The number of nitrogens with one attached hydrogen (secondary N) is 1. The van der Waals surface area contributed by atoms with Crippen LogP contribution in [0.3, 0.4) is 0 Å². The lowest BCUT2D eigenvalue weighted by atomic mass is 9.99. The summed E-state index contributed by atoms with van der Waals surface area (Å²) in [5.74, 6) is 1.55. The highest BCUT2D eigenvalue weighted by Crippen LogP contribution is 2.41. The Balaban J connectivity index is 1.96. The van der Waals surface area contributed by atoms with E-state index in [-0.39, 0.29) is 0 Å². The highest BCUT2D eigenvalue weighted by atomic mass is 32.1. The third-order valence-electron chi connectivity index (χ3n) is 4.63. The van der Waals surface area contributed by atoms with Crippen LogP contribution in [0.2, 0.25) is 0 Å². The Bertz CT molecular complexity index is 899. The Morgan fingerprint density at radius 2 is 2.08 bits per heavy atom. The lowest BCUT2D eigenvalue weighted by molar-refractivity contribution is -0.362. The van der Waals surface area contributed by atoms with E-state index in [4.69, 9.17) is 4.98 Å². The molecule has 0 aromatic carbocycles. The molecule has 126 valence electrons. The maximum absolute atomic E-state index is 5.06. The molecule has 0 saturated carbocycles. The molecule has 0 bridgehead atoms. The van der Waals surface area contributed by atoms with Crippen LogP contribution in [-0.4, -0.2) is 28.0 Å². The molecular formula is C18H24N5S+. The van der Waals surface area contributed by atoms with Gasteiger partial charge in [-0.05, 0) is 42.7 Å². The van der Waals surface area contributed by atoms with E-state index in [2.05, 4.69) is 34.9 Å². The Labute approximate surface area is 145 Å². The number of anilines is 1. The summed E-state index contributed by atoms with van der Waals surface area (Å²) in [5.41, 5.74) is 9.24. The molecule has 1 aliphatic rings. The SMILES string of the molecule is CC(C)Cc1nc2sc3c(NCC[NH3+])ncnc3c2c2c1CCC2. The van der Waals surface area contributed by atoms with Crippen molar-refractivity contribution in [2.45, 2.75) is 39.5 Å². The summed E-state index contributed by atoms with van der Waals surface area (Å²) in [7, 11) is 0. The smallest absolute Gasteiger partial charge is 0.147 e. The van der Waals surface area contributed by atoms with Gasteiger partial charge in [-0.1, -0.05) is 13.8 Å². The fraction of sp³-hybridized carbons (Fsp3) is 0.500. The van der Waals surface area contributed by atoms with Crippen LogP contribution in [0.15, 0.2) is 6.33 Å². The molecule has 6 heteroatoms. The Morgan fingerprint density at radius 1 is 1.25 bits per heavy atom. The number of aryl methyl sites for hydroxylation is 1. The highest BCUT2D eigenvalue weighted by Gasteiger charge is 2.24. The second-order valence-corrected chi connectivity index (χ2v) is 7.93. The van der Waals surface area contributed by atoms with E-state index in [1.807, 2.05) is 0 Å². The second kappa shape index (κ2) is 6.26. The monoisotopic (exact) mass is 342 g/mol.